The van der Waals surface area contributed by atoms with Gasteiger partial charge in [0.15, 0.2) is 11.3 Å². The van der Waals surface area contributed by atoms with Gasteiger partial charge in [-0.3, -0.25) is 9.80 Å². The van der Waals surface area contributed by atoms with Crippen molar-refractivity contribution in [1.29, 1.82) is 0 Å². The Morgan fingerprint density at radius 3 is 1.97 bits per heavy atom. The zero-order chi connectivity index (χ0) is 25.9. The highest BCUT2D eigenvalue weighted by Crippen LogP contribution is 2.20. The zero-order valence-corrected chi connectivity index (χ0v) is 22.1. The van der Waals surface area contributed by atoms with Gasteiger partial charge in [0.1, 0.15) is 34.2 Å². The Kier molecular flexibility index (Phi) is 7.17. The van der Waals surface area contributed by atoms with Crippen molar-refractivity contribution in [3.05, 3.63) is 72.0 Å². The van der Waals surface area contributed by atoms with Crippen LogP contribution in [-0.4, -0.2) is 78.3 Å². The van der Waals surface area contributed by atoms with E-state index in [1.165, 1.54) is 0 Å². The first-order chi connectivity index (χ1) is 18.7. The van der Waals surface area contributed by atoms with Crippen LogP contribution in [0.5, 0.6) is 0 Å². The standard InChI is InChI=1S/C28H34N8O2/c1-3-37-17-16-35-25(31-23-6-4-10-29-27(23)35)19-33-12-14-34(15-13-33)20-26-32-24-7-5-11-30-28(24)36(26)18-22-9-8-21(2)38-22/h4-11H,3,12-20H2,1-2H3. The maximum Gasteiger partial charge on any atom is 0.160 e. The lowest BCUT2D eigenvalue weighted by Crippen LogP contribution is -2.46. The number of piperazine rings is 1. The van der Waals surface area contributed by atoms with Crippen molar-refractivity contribution in [1.82, 2.24) is 38.9 Å². The molecule has 6 rings (SSSR count). The Hall–Kier alpha value is -3.60. The van der Waals surface area contributed by atoms with Gasteiger partial charge in [-0.1, -0.05) is 0 Å². The highest BCUT2D eigenvalue weighted by molar-refractivity contribution is 5.71. The number of rotatable bonds is 10. The molecule has 10 nitrogen and oxygen atoms in total. The summed E-state index contributed by atoms with van der Waals surface area (Å²) in [5.41, 5.74) is 3.69. The lowest BCUT2D eigenvalue weighted by Gasteiger charge is -2.34. The van der Waals surface area contributed by atoms with E-state index in [-0.39, 0.29) is 0 Å². The lowest BCUT2D eigenvalue weighted by molar-refractivity contribution is 0.113. The maximum absolute atomic E-state index is 5.87. The molecule has 0 spiro atoms. The molecule has 1 aliphatic rings. The third kappa shape index (κ3) is 5.20. The highest BCUT2D eigenvalue weighted by atomic mass is 16.5. The van der Waals surface area contributed by atoms with Crippen LogP contribution in [0.2, 0.25) is 0 Å². The molecule has 0 aliphatic carbocycles. The second-order valence-electron chi connectivity index (χ2n) is 9.75. The van der Waals surface area contributed by atoms with Gasteiger partial charge in [0.05, 0.1) is 26.2 Å². The number of aromatic nitrogens is 6. The maximum atomic E-state index is 5.87. The van der Waals surface area contributed by atoms with Crippen molar-refractivity contribution in [2.24, 2.45) is 0 Å². The smallest absolute Gasteiger partial charge is 0.160 e. The molecule has 5 aromatic rings. The molecule has 0 bridgehead atoms. The molecule has 1 fully saturated rings. The average molecular weight is 515 g/mol. The first kappa shape index (κ1) is 24.7. The second kappa shape index (κ2) is 11.0. The number of fused-ring (bicyclic) bond motifs is 2. The molecule has 38 heavy (non-hydrogen) atoms. The second-order valence-corrected chi connectivity index (χ2v) is 9.75. The summed E-state index contributed by atoms with van der Waals surface area (Å²) in [6.07, 6.45) is 3.66. The molecule has 0 aromatic carbocycles. The Morgan fingerprint density at radius 1 is 0.789 bits per heavy atom. The van der Waals surface area contributed by atoms with Crippen LogP contribution in [0.3, 0.4) is 0 Å². The fraction of sp³-hybridized carbons (Fsp3) is 0.429. The Morgan fingerprint density at radius 2 is 1.39 bits per heavy atom. The van der Waals surface area contributed by atoms with Crippen LogP contribution >= 0.6 is 0 Å². The summed E-state index contributed by atoms with van der Waals surface area (Å²) in [6.45, 7) is 12.2. The van der Waals surface area contributed by atoms with E-state index in [1.807, 2.05) is 62.6 Å². The number of aryl methyl sites for hydroxylation is 1. The predicted molar refractivity (Wildman–Crippen MR) is 145 cm³/mol. The molecule has 10 heteroatoms. The van der Waals surface area contributed by atoms with Crippen LogP contribution in [-0.2, 0) is 30.9 Å². The summed E-state index contributed by atoms with van der Waals surface area (Å²) < 4.78 is 15.9. The van der Waals surface area contributed by atoms with Crippen LogP contribution in [0.1, 0.15) is 30.1 Å². The highest BCUT2D eigenvalue weighted by Gasteiger charge is 2.23. The summed E-state index contributed by atoms with van der Waals surface area (Å²) in [7, 11) is 0. The van der Waals surface area contributed by atoms with E-state index in [2.05, 4.69) is 28.9 Å². The van der Waals surface area contributed by atoms with Crippen molar-refractivity contribution in [3.8, 4) is 0 Å². The molecule has 5 aromatic heterocycles. The quantitative estimate of drug-likeness (QED) is 0.262. The van der Waals surface area contributed by atoms with E-state index in [9.17, 15) is 0 Å². The summed E-state index contributed by atoms with van der Waals surface area (Å²) in [5, 5.41) is 0. The summed E-state index contributed by atoms with van der Waals surface area (Å²) in [5.74, 6) is 3.90. The first-order valence-electron chi connectivity index (χ1n) is 13.4. The molecule has 198 valence electrons. The van der Waals surface area contributed by atoms with Crippen molar-refractivity contribution in [2.75, 3.05) is 39.4 Å². The predicted octanol–water partition coefficient (Wildman–Crippen LogP) is 3.48. The van der Waals surface area contributed by atoms with Gasteiger partial charge in [-0.2, -0.15) is 0 Å². The zero-order valence-electron chi connectivity index (χ0n) is 22.1. The minimum Gasteiger partial charge on any atom is -0.464 e. The van der Waals surface area contributed by atoms with Crippen molar-refractivity contribution in [2.45, 2.75) is 40.0 Å². The number of hydrogen-bond donors (Lipinski definition) is 0. The van der Waals surface area contributed by atoms with Crippen LogP contribution in [0, 0.1) is 6.92 Å². The molecular formula is C28H34N8O2. The normalized spacial score (nSPS) is 15.2. The van der Waals surface area contributed by atoms with E-state index in [1.54, 1.807) is 0 Å². The summed E-state index contributed by atoms with van der Waals surface area (Å²) in [4.78, 5) is 24.0. The average Bonchev–Trinajstić information content (AvgIpc) is 3.61. The van der Waals surface area contributed by atoms with Crippen molar-refractivity contribution >= 4 is 22.3 Å². The number of ether oxygens (including phenoxy) is 1. The molecule has 0 radical (unpaired) electrons. The molecule has 1 aliphatic heterocycles. The van der Waals surface area contributed by atoms with Crippen LogP contribution < -0.4 is 0 Å². The minimum atomic E-state index is 0.628. The largest absolute Gasteiger partial charge is 0.464 e. The van der Waals surface area contributed by atoms with Crippen LogP contribution in [0.4, 0.5) is 0 Å². The van der Waals surface area contributed by atoms with E-state index in [4.69, 9.17) is 19.1 Å². The van der Waals surface area contributed by atoms with E-state index < -0.39 is 0 Å². The van der Waals surface area contributed by atoms with Crippen LogP contribution in [0.15, 0.2) is 53.2 Å². The molecule has 6 heterocycles. The van der Waals surface area contributed by atoms with Gasteiger partial charge in [0, 0.05) is 51.7 Å². The summed E-state index contributed by atoms with van der Waals surface area (Å²) in [6, 6.07) is 12.0. The molecule has 0 unspecified atom stereocenters. The lowest BCUT2D eigenvalue weighted by atomic mass is 10.3. The van der Waals surface area contributed by atoms with E-state index >= 15 is 0 Å². The molecule has 0 amide bonds. The van der Waals surface area contributed by atoms with Crippen LogP contribution in [0.25, 0.3) is 22.3 Å². The third-order valence-corrected chi connectivity index (χ3v) is 7.13. The fourth-order valence-corrected chi connectivity index (χ4v) is 5.18. The Bertz CT molecular complexity index is 1510. The van der Waals surface area contributed by atoms with E-state index in [0.717, 1.165) is 91.3 Å². The van der Waals surface area contributed by atoms with Gasteiger partial charge in [-0.25, -0.2) is 19.9 Å². The SMILES string of the molecule is CCOCCn1c(CN2CCN(Cc3nc4cccnc4n3Cc3ccc(C)o3)CC2)nc2cccnc21. The topological polar surface area (TPSA) is 90.3 Å². The monoisotopic (exact) mass is 514 g/mol. The van der Waals surface area contributed by atoms with Gasteiger partial charge >= 0.3 is 0 Å². The number of imidazole rings is 2. The molecule has 1 saturated heterocycles. The van der Waals surface area contributed by atoms with Crippen molar-refractivity contribution < 1.29 is 9.15 Å². The number of furan rings is 1. The van der Waals surface area contributed by atoms with Gasteiger partial charge in [-0.15, -0.1) is 0 Å². The fourth-order valence-electron chi connectivity index (χ4n) is 5.18. The van der Waals surface area contributed by atoms with Crippen molar-refractivity contribution in [3.63, 3.8) is 0 Å². The Labute approximate surface area is 221 Å². The molecule has 0 N–H and O–H groups in total. The minimum absolute atomic E-state index is 0.628. The van der Waals surface area contributed by atoms with Gasteiger partial charge in [-0.05, 0) is 50.2 Å². The first-order valence-corrected chi connectivity index (χ1v) is 13.4. The Balaban J connectivity index is 1.14. The molecular weight excluding hydrogens is 480 g/mol. The third-order valence-electron chi connectivity index (χ3n) is 7.13. The number of hydrogen-bond acceptors (Lipinski definition) is 8. The summed E-state index contributed by atoms with van der Waals surface area (Å²) >= 11 is 0. The van der Waals surface area contributed by atoms with Gasteiger partial charge < -0.3 is 18.3 Å². The van der Waals surface area contributed by atoms with Gasteiger partial charge in [0.2, 0.25) is 0 Å². The number of nitrogens with zero attached hydrogens (tertiary/aromatic N) is 8. The number of pyridine rings is 2. The van der Waals surface area contributed by atoms with Gasteiger partial charge in [0.25, 0.3) is 0 Å². The molecule has 0 atom stereocenters. The van der Waals surface area contributed by atoms with E-state index in [0.29, 0.717) is 19.8 Å². The molecule has 0 saturated carbocycles.